The van der Waals surface area contributed by atoms with Crippen molar-refractivity contribution in [1.29, 1.82) is 0 Å². The molecule has 1 heterocycles. The fourth-order valence-electron chi connectivity index (χ4n) is 1.70. The van der Waals surface area contributed by atoms with Gasteiger partial charge in [0.05, 0.1) is 0 Å². The van der Waals surface area contributed by atoms with Crippen molar-refractivity contribution >= 4 is 11.6 Å². The molecule has 3 N–H and O–H groups in total. The molecule has 98 valence electrons. The average molecular weight is 257 g/mol. The van der Waals surface area contributed by atoms with Crippen LogP contribution in [0.2, 0.25) is 0 Å². The SMILES string of the molecule is CNCc1ccc(NC(=O)c2cc[nH]c(=O)c2)cc1. The summed E-state index contributed by atoms with van der Waals surface area (Å²) in [5.41, 5.74) is 1.88. The minimum Gasteiger partial charge on any atom is -0.329 e. The molecule has 1 amide bonds. The Hall–Kier alpha value is -2.40. The highest BCUT2D eigenvalue weighted by molar-refractivity contribution is 6.04. The molecule has 0 radical (unpaired) electrons. The molecule has 0 aliphatic carbocycles. The van der Waals surface area contributed by atoms with E-state index in [9.17, 15) is 9.59 Å². The van der Waals surface area contributed by atoms with Crippen LogP contribution in [0.3, 0.4) is 0 Å². The third-order valence-electron chi connectivity index (χ3n) is 2.63. The Balaban J connectivity index is 2.08. The molecule has 5 heteroatoms. The highest BCUT2D eigenvalue weighted by Gasteiger charge is 2.06. The number of rotatable bonds is 4. The first kappa shape index (κ1) is 13.0. The van der Waals surface area contributed by atoms with Gasteiger partial charge in [0.15, 0.2) is 0 Å². The molecule has 2 aromatic rings. The summed E-state index contributed by atoms with van der Waals surface area (Å²) in [5.74, 6) is -0.299. The van der Waals surface area contributed by atoms with E-state index in [2.05, 4.69) is 15.6 Å². The van der Waals surface area contributed by atoms with Crippen LogP contribution in [0, 0.1) is 0 Å². The molecule has 0 bridgehead atoms. The van der Waals surface area contributed by atoms with E-state index in [-0.39, 0.29) is 11.5 Å². The summed E-state index contributed by atoms with van der Waals surface area (Å²) >= 11 is 0. The van der Waals surface area contributed by atoms with Gasteiger partial charge >= 0.3 is 0 Å². The molecule has 0 atom stereocenters. The second-order valence-electron chi connectivity index (χ2n) is 4.12. The topological polar surface area (TPSA) is 74.0 Å². The first-order chi connectivity index (χ1) is 9.19. The summed E-state index contributed by atoms with van der Waals surface area (Å²) in [6, 6.07) is 10.4. The van der Waals surface area contributed by atoms with E-state index in [1.54, 1.807) is 6.07 Å². The number of aromatic amines is 1. The van der Waals surface area contributed by atoms with Crippen LogP contribution in [0.15, 0.2) is 47.4 Å². The van der Waals surface area contributed by atoms with Crippen molar-refractivity contribution in [2.75, 3.05) is 12.4 Å². The van der Waals surface area contributed by atoms with Crippen LogP contribution in [-0.4, -0.2) is 17.9 Å². The number of hydrogen-bond donors (Lipinski definition) is 3. The number of hydrogen-bond acceptors (Lipinski definition) is 3. The van der Waals surface area contributed by atoms with Crippen LogP contribution in [0.1, 0.15) is 15.9 Å². The highest BCUT2D eigenvalue weighted by Crippen LogP contribution is 2.10. The van der Waals surface area contributed by atoms with E-state index in [4.69, 9.17) is 0 Å². The third kappa shape index (κ3) is 3.53. The van der Waals surface area contributed by atoms with Crippen LogP contribution in [0.5, 0.6) is 0 Å². The molecule has 0 aliphatic heterocycles. The van der Waals surface area contributed by atoms with E-state index in [0.29, 0.717) is 11.3 Å². The van der Waals surface area contributed by atoms with Gasteiger partial charge in [-0.05, 0) is 30.8 Å². The largest absolute Gasteiger partial charge is 0.329 e. The normalized spacial score (nSPS) is 10.2. The standard InChI is InChI=1S/C14H15N3O2/c1-15-9-10-2-4-12(5-3-10)17-14(19)11-6-7-16-13(18)8-11/h2-8,15H,9H2,1H3,(H,16,18)(H,17,19). The second kappa shape index (κ2) is 5.97. The average Bonchev–Trinajstić information content (AvgIpc) is 2.41. The zero-order valence-electron chi connectivity index (χ0n) is 10.6. The van der Waals surface area contributed by atoms with Crippen LogP contribution >= 0.6 is 0 Å². The van der Waals surface area contributed by atoms with Gasteiger partial charge in [0.1, 0.15) is 0 Å². The molecule has 0 fully saturated rings. The predicted molar refractivity (Wildman–Crippen MR) is 74.2 cm³/mol. The molecule has 2 rings (SSSR count). The summed E-state index contributed by atoms with van der Waals surface area (Å²) < 4.78 is 0. The summed E-state index contributed by atoms with van der Waals surface area (Å²) in [7, 11) is 1.88. The molecule has 19 heavy (non-hydrogen) atoms. The lowest BCUT2D eigenvalue weighted by atomic mass is 10.2. The second-order valence-corrected chi connectivity index (χ2v) is 4.12. The van der Waals surface area contributed by atoms with Crippen molar-refractivity contribution < 1.29 is 4.79 Å². The van der Waals surface area contributed by atoms with E-state index < -0.39 is 0 Å². The van der Waals surface area contributed by atoms with Crippen LogP contribution in [0.25, 0.3) is 0 Å². The lowest BCUT2D eigenvalue weighted by Gasteiger charge is -2.06. The number of pyridine rings is 1. The minimum atomic E-state index is -0.299. The maximum absolute atomic E-state index is 11.9. The number of nitrogens with one attached hydrogen (secondary N) is 3. The van der Waals surface area contributed by atoms with E-state index in [1.807, 2.05) is 31.3 Å². The molecule has 1 aromatic carbocycles. The summed E-state index contributed by atoms with van der Waals surface area (Å²) in [6.07, 6.45) is 1.45. The maximum atomic E-state index is 11.9. The summed E-state index contributed by atoms with van der Waals surface area (Å²) in [6.45, 7) is 0.780. The first-order valence-electron chi connectivity index (χ1n) is 5.92. The number of amides is 1. The van der Waals surface area contributed by atoms with Crippen LogP contribution in [0.4, 0.5) is 5.69 Å². The van der Waals surface area contributed by atoms with Gasteiger partial charge in [-0.25, -0.2) is 0 Å². The third-order valence-corrected chi connectivity index (χ3v) is 2.63. The Morgan fingerprint density at radius 3 is 2.58 bits per heavy atom. The Kier molecular flexibility index (Phi) is 4.10. The number of carbonyl (C=O) groups is 1. The van der Waals surface area contributed by atoms with E-state index >= 15 is 0 Å². The molecule has 1 aromatic heterocycles. The quantitative estimate of drug-likeness (QED) is 0.774. The van der Waals surface area contributed by atoms with Gasteiger partial charge in [-0.15, -0.1) is 0 Å². The van der Waals surface area contributed by atoms with Gasteiger partial charge in [0.2, 0.25) is 5.56 Å². The number of anilines is 1. The molecule has 0 unspecified atom stereocenters. The van der Waals surface area contributed by atoms with E-state index in [1.165, 1.54) is 12.3 Å². The van der Waals surface area contributed by atoms with Crippen molar-refractivity contribution in [3.8, 4) is 0 Å². The molecule has 0 spiro atoms. The lowest BCUT2D eigenvalue weighted by molar-refractivity contribution is 0.102. The van der Waals surface area contributed by atoms with Gasteiger partial charge in [0.25, 0.3) is 5.91 Å². The Labute approximate surface area is 110 Å². The fourth-order valence-corrected chi connectivity index (χ4v) is 1.70. The molecule has 0 aliphatic rings. The van der Waals surface area contributed by atoms with Gasteiger partial charge in [-0.3, -0.25) is 9.59 Å². The van der Waals surface area contributed by atoms with Crippen molar-refractivity contribution in [3.05, 3.63) is 64.1 Å². The monoisotopic (exact) mass is 257 g/mol. The summed E-state index contributed by atoms with van der Waals surface area (Å²) in [5, 5.41) is 5.79. The zero-order valence-corrected chi connectivity index (χ0v) is 10.6. The number of aromatic nitrogens is 1. The van der Waals surface area contributed by atoms with Crippen molar-refractivity contribution in [3.63, 3.8) is 0 Å². The Bertz CT molecular complexity index is 617. The Morgan fingerprint density at radius 2 is 1.95 bits per heavy atom. The Morgan fingerprint density at radius 1 is 1.21 bits per heavy atom. The molecular weight excluding hydrogens is 242 g/mol. The highest BCUT2D eigenvalue weighted by atomic mass is 16.2. The molecule has 0 saturated carbocycles. The van der Waals surface area contributed by atoms with Gasteiger partial charge in [-0.1, -0.05) is 12.1 Å². The minimum absolute atomic E-state index is 0.294. The first-order valence-corrected chi connectivity index (χ1v) is 5.92. The van der Waals surface area contributed by atoms with E-state index in [0.717, 1.165) is 12.1 Å². The van der Waals surface area contributed by atoms with Crippen LogP contribution in [-0.2, 0) is 6.54 Å². The van der Waals surface area contributed by atoms with Crippen molar-refractivity contribution in [1.82, 2.24) is 10.3 Å². The zero-order chi connectivity index (χ0) is 13.7. The number of benzene rings is 1. The van der Waals surface area contributed by atoms with Gasteiger partial charge in [-0.2, -0.15) is 0 Å². The van der Waals surface area contributed by atoms with Gasteiger partial charge in [0, 0.05) is 30.1 Å². The molecule has 0 saturated heterocycles. The van der Waals surface area contributed by atoms with Crippen molar-refractivity contribution in [2.24, 2.45) is 0 Å². The van der Waals surface area contributed by atoms with Gasteiger partial charge < -0.3 is 15.6 Å². The predicted octanol–water partition coefficient (Wildman–Crippen LogP) is 1.35. The van der Waals surface area contributed by atoms with Crippen LogP contribution < -0.4 is 16.2 Å². The molecular formula is C14H15N3O2. The molecule has 5 nitrogen and oxygen atoms in total. The maximum Gasteiger partial charge on any atom is 0.255 e. The lowest BCUT2D eigenvalue weighted by Crippen LogP contribution is -2.15. The number of H-pyrrole nitrogens is 1. The smallest absolute Gasteiger partial charge is 0.255 e. The fraction of sp³-hybridized carbons (Fsp3) is 0.143. The van der Waals surface area contributed by atoms with Crippen molar-refractivity contribution in [2.45, 2.75) is 6.54 Å². The summed E-state index contributed by atoms with van der Waals surface area (Å²) in [4.78, 5) is 25.5. The number of carbonyl (C=O) groups excluding carboxylic acids is 1.